The van der Waals surface area contributed by atoms with Crippen LogP contribution in [0.4, 0.5) is 10.5 Å². The summed E-state index contributed by atoms with van der Waals surface area (Å²) in [7, 11) is 1.86. The fourth-order valence-corrected chi connectivity index (χ4v) is 4.56. The number of hydrogen-bond donors (Lipinski definition) is 3. The van der Waals surface area contributed by atoms with Gasteiger partial charge in [0, 0.05) is 43.9 Å². The Kier molecular flexibility index (Phi) is 4.97. The molecule has 2 atom stereocenters. The van der Waals surface area contributed by atoms with E-state index in [9.17, 15) is 14.4 Å². The van der Waals surface area contributed by atoms with Gasteiger partial charge in [-0.15, -0.1) is 0 Å². The summed E-state index contributed by atoms with van der Waals surface area (Å²) >= 11 is 0. The maximum Gasteiger partial charge on any atom is 0.323 e. The molecule has 4 rings (SSSR count). The van der Waals surface area contributed by atoms with Gasteiger partial charge in [-0.2, -0.15) is 5.10 Å². The fraction of sp³-hybridized carbons (Fsp3) is 0.429. The fourth-order valence-electron chi connectivity index (χ4n) is 4.56. The molecule has 4 amide bonds. The van der Waals surface area contributed by atoms with Gasteiger partial charge in [-0.25, -0.2) is 4.79 Å². The zero-order valence-corrected chi connectivity index (χ0v) is 17.4. The van der Waals surface area contributed by atoms with E-state index in [1.807, 2.05) is 44.4 Å². The Bertz CT molecular complexity index is 1010. The molecule has 2 heterocycles. The molecular formula is C21H26N6O3. The first-order valence-electron chi connectivity index (χ1n) is 10.1. The Morgan fingerprint density at radius 3 is 2.67 bits per heavy atom. The number of fused-ring (bicyclic) bond motifs is 2. The summed E-state index contributed by atoms with van der Waals surface area (Å²) < 4.78 is 1.73. The normalized spacial score (nSPS) is 22.1. The molecule has 1 saturated carbocycles. The molecule has 1 aromatic heterocycles. The first-order chi connectivity index (χ1) is 14.3. The SMILES string of the molecule is CC(=O)NNC(=O)C12CCCC(C1)N2C(=O)Nc1ccc(C)c(-c2ccn(C)n2)c1. The zero-order chi connectivity index (χ0) is 21.5. The standard InChI is InChI=1S/C21H26N6O3/c1-13-6-7-15(11-17(13)18-8-10-26(3)25-18)22-20(30)27-16-5-4-9-21(27,12-16)19(29)24-23-14(2)28/h6-8,10-11,16H,4-5,9,12H2,1-3H3,(H,22,30)(H,23,28)(H,24,29). The van der Waals surface area contributed by atoms with Gasteiger partial charge in [-0.05, 0) is 49.9 Å². The molecule has 2 aromatic rings. The van der Waals surface area contributed by atoms with Crippen molar-refractivity contribution in [3.63, 3.8) is 0 Å². The minimum Gasteiger partial charge on any atom is -0.308 e. The molecule has 0 radical (unpaired) electrons. The van der Waals surface area contributed by atoms with Gasteiger partial charge in [0.2, 0.25) is 5.91 Å². The smallest absolute Gasteiger partial charge is 0.308 e. The summed E-state index contributed by atoms with van der Waals surface area (Å²) in [6, 6.07) is 7.33. The van der Waals surface area contributed by atoms with E-state index in [1.165, 1.54) is 6.92 Å². The summed E-state index contributed by atoms with van der Waals surface area (Å²) in [6.45, 7) is 3.32. The Morgan fingerprint density at radius 1 is 1.20 bits per heavy atom. The third-order valence-corrected chi connectivity index (χ3v) is 6.00. The molecule has 30 heavy (non-hydrogen) atoms. The second-order valence-electron chi connectivity index (χ2n) is 8.12. The number of benzene rings is 1. The summed E-state index contributed by atoms with van der Waals surface area (Å²) in [5, 5.41) is 7.39. The number of rotatable bonds is 3. The van der Waals surface area contributed by atoms with E-state index in [2.05, 4.69) is 21.3 Å². The Labute approximate surface area is 174 Å². The summed E-state index contributed by atoms with van der Waals surface area (Å²) in [4.78, 5) is 38.7. The predicted molar refractivity (Wildman–Crippen MR) is 111 cm³/mol. The lowest BCUT2D eigenvalue weighted by atomic mass is 9.67. The Hall–Kier alpha value is -3.36. The highest BCUT2D eigenvalue weighted by molar-refractivity contribution is 5.99. The van der Waals surface area contributed by atoms with Crippen LogP contribution < -0.4 is 16.2 Å². The molecule has 2 unspecified atom stereocenters. The van der Waals surface area contributed by atoms with Crippen LogP contribution >= 0.6 is 0 Å². The molecule has 9 heteroatoms. The van der Waals surface area contributed by atoms with Crippen LogP contribution in [0, 0.1) is 6.92 Å². The summed E-state index contributed by atoms with van der Waals surface area (Å²) in [5.41, 5.74) is 7.34. The number of amides is 4. The van der Waals surface area contributed by atoms with Crippen LogP contribution in [0.5, 0.6) is 0 Å². The number of aromatic nitrogens is 2. The average Bonchev–Trinajstić information content (AvgIpc) is 3.13. The van der Waals surface area contributed by atoms with Crippen LogP contribution in [0.15, 0.2) is 30.5 Å². The number of hydrogen-bond acceptors (Lipinski definition) is 4. The average molecular weight is 410 g/mol. The summed E-state index contributed by atoms with van der Waals surface area (Å²) in [6.07, 6.45) is 4.80. The summed E-state index contributed by atoms with van der Waals surface area (Å²) in [5.74, 6) is -0.703. The number of aryl methyl sites for hydroxylation is 2. The molecule has 158 valence electrons. The van der Waals surface area contributed by atoms with Crippen molar-refractivity contribution >= 4 is 23.5 Å². The third kappa shape index (κ3) is 3.40. The number of nitrogens with one attached hydrogen (secondary N) is 3. The lowest BCUT2D eigenvalue weighted by Crippen LogP contribution is -2.76. The van der Waals surface area contributed by atoms with Crippen LogP contribution in [0.25, 0.3) is 11.3 Å². The number of urea groups is 1. The third-order valence-electron chi connectivity index (χ3n) is 6.00. The lowest BCUT2D eigenvalue weighted by molar-refractivity contribution is -0.153. The zero-order valence-electron chi connectivity index (χ0n) is 17.4. The molecule has 0 spiro atoms. The molecule has 2 aliphatic rings. The topological polar surface area (TPSA) is 108 Å². The van der Waals surface area contributed by atoms with E-state index in [4.69, 9.17) is 0 Å². The number of likely N-dealkylation sites (tertiary alicyclic amines) is 1. The predicted octanol–water partition coefficient (Wildman–Crippen LogP) is 2.09. The molecule has 1 aliphatic heterocycles. The van der Waals surface area contributed by atoms with Gasteiger partial charge < -0.3 is 10.2 Å². The Morgan fingerprint density at radius 2 is 2.00 bits per heavy atom. The van der Waals surface area contributed by atoms with Gasteiger partial charge in [-0.1, -0.05) is 6.07 Å². The van der Waals surface area contributed by atoms with Crippen LogP contribution in [-0.4, -0.2) is 44.1 Å². The van der Waals surface area contributed by atoms with Crippen LogP contribution in [0.3, 0.4) is 0 Å². The molecule has 2 bridgehead atoms. The van der Waals surface area contributed by atoms with Crippen molar-refractivity contribution in [2.24, 2.45) is 7.05 Å². The number of carbonyl (C=O) groups excluding carboxylic acids is 3. The largest absolute Gasteiger partial charge is 0.323 e. The van der Waals surface area contributed by atoms with Crippen molar-refractivity contribution in [2.75, 3.05) is 5.32 Å². The van der Waals surface area contributed by atoms with Crippen LogP contribution in [0.2, 0.25) is 0 Å². The van der Waals surface area contributed by atoms with Crippen molar-refractivity contribution in [2.45, 2.75) is 51.1 Å². The van der Waals surface area contributed by atoms with Gasteiger partial charge >= 0.3 is 6.03 Å². The minimum atomic E-state index is -0.913. The number of carbonyl (C=O) groups is 3. The van der Waals surface area contributed by atoms with Crippen molar-refractivity contribution in [1.29, 1.82) is 0 Å². The number of nitrogens with zero attached hydrogens (tertiary/aromatic N) is 3. The molecule has 1 saturated heterocycles. The van der Waals surface area contributed by atoms with Crippen LogP contribution in [0.1, 0.15) is 38.2 Å². The number of piperidine rings is 1. The number of anilines is 1. The molecule has 2 fully saturated rings. The molecule has 9 nitrogen and oxygen atoms in total. The molecule has 1 aromatic carbocycles. The van der Waals surface area contributed by atoms with E-state index >= 15 is 0 Å². The van der Waals surface area contributed by atoms with Crippen molar-refractivity contribution in [3.8, 4) is 11.3 Å². The van der Waals surface area contributed by atoms with Gasteiger partial charge in [-0.3, -0.25) is 25.1 Å². The highest BCUT2D eigenvalue weighted by atomic mass is 16.2. The molecule has 3 N–H and O–H groups in total. The highest BCUT2D eigenvalue weighted by Gasteiger charge is 2.61. The van der Waals surface area contributed by atoms with Crippen molar-refractivity contribution in [1.82, 2.24) is 25.5 Å². The minimum absolute atomic E-state index is 0.0301. The molecular weight excluding hydrogens is 384 g/mol. The van der Waals surface area contributed by atoms with E-state index in [0.29, 0.717) is 18.5 Å². The first-order valence-corrected chi connectivity index (χ1v) is 10.1. The second kappa shape index (κ2) is 7.47. The quantitative estimate of drug-likeness (QED) is 0.673. The van der Waals surface area contributed by atoms with Gasteiger partial charge in [0.1, 0.15) is 5.54 Å². The van der Waals surface area contributed by atoms with E-state index in [1.54, 1.807) is 9.58 Å². The maximum atomic E-state index is 13.1. The van der Waals surface area contributed by atoms with E-state index < -0.39 is 5.54 Å². The number of hydrazine groups is 1. The second-order valence-corrected chi connectivity index (χ2v) is 8.12. The van der Waals surface area contributed by atoms with Gasteiger partial charge in [0.25, 0.3) is 5.91 Å². The first kappa shape index (κ1) is 19.9. The van der Waals surface area contributed by atoms with E-state index in [-0.39, 0.29) is 23.9 Å². The maximum absolute atomic E-state index is 13.1. The van der Waals surface area contributed by atoms with E-state index in [0.717, 1.165) is 29.7 Å². The van der Waals surface area contributed by atoms with Gasteiger partial charge in [0.05, 0.1) is 5.69 Å². The van der Waals surface area contributed by atoms with Crippen LogP contribution in [-0.2, 0) is 16.6 Å². The van der Waals surface area contributed by atoms with Crippen molar-refractivity contribution < 1.29 is 14.4 Å². The monoisotopic (exact) mass is 410 g/mol. The molecule has 1 aliphatic carbocycles. The highest BCUT2D eigenvalue weighted by Crippen LogP contribution is 2.48. The lowest BCUT2D eigenvalue weighted by Gasteiger charge is -2.60. The Balaban J connectivity index is 1.53. The van der Waals surface area contributed by atoms with Crippen molar-refractivity contribution in [3.05, 3.63) is 36.0 Å². The van der Waals surface area contributed by atoms with Gasteiger partial charge in [0.15, 0.2) is 0 Å².